The van der Waals surface area contributed by atoms with Crippen LogP contribution >= 0.6 is 11.3 Å². The Kier molecular flexibility index (Phi) is 8.45. The van der Waals surface area contributed by atoms with E-state index in [1.165, 1.54) is 11.3 Å². The molecule has 0 saturated heterocycles. The van der Waals surface area contributed by atoms with Crippen LogP contribution in [0.4, 0.5) is 0 Å². The molecule has 0 aliphatic heterocycles. The Morgan fingerprint density at radius 3 is 1.63 bits per heavy atom. The molecule has 0 saturated carbocycles. The molecule has 0 spiro atoms. The summed E-state index contributed by atoms with van der Waals surface area (Å²) in [6.07, 6.45) is -0.0656. The minimum Gasteiger partial charge on any atom is -0.537 e. The van der Waals surface area contributed by atoms with Crippen LogP contribution in [0.25, 0.3) is 0 Å². The molecule has 0 N–H and O–H groups in total. The summed E-state index contributed by atoms with van der Waals surface area (Å²) in [6.45, 7) is 9.67. The Bertz CT molecular complexity index is 323. The molecule has 0 radical (unpaired) electrons. The van der Waals surface area contributed by atoms with Crippen molar-refractivity contribution in [1.82, 2.24) is 10.2 Å². The van der Waals surface area contributed by atoms with Gasteiger partial charge >= 0.3 is 25.6 Å². The van der Waals surface area contributed by atoms with Gasteiger partial charge in [0.2, 0.25) is 0 Å². The van der Waals surface area contributed by atoms with E-state index in [1.54, 1.807) is 5.51 Å². The van der Waals surface area contributed by atoms with E-state index in [0.29, 0.717) is 4.91 Å². The molecule has 0 aromatic carbocycles. The SMILES string of the molecule is CC(C)O[B-](OC(C)C)(OC(C)C)c1nncs1.[Li+]. The molecule has 5 nitrogen and oxygen atoms in total. The molecule has 0 fully saturated rings. The molecule has 0 atom stereocenters. The topological polar surface area (TPSA) is 53.5 Å². The number of hydrogen-bond acceptors (Lipinski definition) is 6. The van der Waals surface area contributed by atoms with Gasteiger partial charge in [0.1, 0.15) is 5.51 Å². The zero-order valence-electron chi connectivity index (χ0n) is 12.9. The van der Waals surface area contributed by atoms with E-state index in [9.17, 15) is 0 Å². The standard InChI is InChI=1S/C11H22BN2O3S.Li/c1-8(2)15-12(16-9(3)4,17-10(5)6)11-14-13-7-18-11;/h7-10H,1-6H3;/q-1;+1. The Hall–Kier alpha value is 0.102. The fourth-order valence-electron chi connectivity index (χ4n) is 1.68. The first-order chi connectivity index (χ1) is 8.35. The van der Waals surface area contributed by atoms with Crippen molar-refractivity contribution in [2.24, 2.45) is 0 Å². The second-order valence-electron chi connectivity index (χ2n) is 4.97. The first-order valence-electron chi connectivity index (χ1n) is 6.29. The summed E-state index contributed by atoms with van der Waals surface area (Å²) < 4.78 is 17.8. The predicted octanol–water partition coefficient (Wildman–Crippen LogP) is -1.04. The molecule has 1 aromatic rings. The monoisotopic (exact) mass is 280 g/mol. The Morgan fingerprint density at radius 2 is 1.37 bits per heavy atom. The molecule has 1 heterocycles. The van der Waals surface area contributed by atoms with Gasteiger partial charge in [-0.05, 0) is 41.5 Å². The van der Waals surface area contributed by atoms with Crippen molar-refractivity contribution in [3.63, 3.8) is 0 Å². The van der Waals surface area contributed by atoms with Gasteiger partial charge in [0, 0.05) is 23.2 Å². The van der Waals surface area contributed by atoms with Crippen LogP contribution in [-0.2, 0) is 14.0 Å². The van der Waals surface area contributed by atoms with Gasteiger partial charge in [-0.2, -0.15) is 10.2 Å². The molecule has 1 aromatic heterocycles. The third-order valence-electron chi connectivity index (χ3n) is 2.03. The van der Waals surface area contributed by atoms with Crippen molar-refractivity contribution in [2.75, 3.05) is 0 Å². The molecule has 0 unspecified atom stereocenters. The van der Waals surface area contributed by atoms with E-state index in [4.69, 9.17) is 14.0 Å². The molecular formula is C11H22BLiN2O3S. The van der Waals surface area contributed by atoms with Gasteiger partial charge in [-0.15, -0.1) is 11.3 Å². The van der Waals surface area contributed by atoms with Crippen molar-refractivity contribution >= 4 is 23.0 Å². The smallest absolute Gasteiger partial charge is 0.537 e. The number of hydrogen-bond donors (Lipinski definition) is 0. The summed E-state index contributed by atoms with van der Waals surface area (Å²) in [6, 6.07) is 0. The van der Waals surface area contributed by atoms with Gasteiger partial charge in [0.05, 0.1) is 0 Å². The summed E-state index contributed by atoms with van der Waals surface area (Å²) in [5, 5.41) is 7.92. The zero-order chi connectivity index (χ0) is 13.8. The fourth-order valence-corrected chi connectivity index (χ4v) is 2.31. The van der Waals surface area contributed by atoms with Crippen LogP contribution in [0.3, 0.4) is 0 Å². The van der Waals surface area contributed by atoms with Gasteiger partial charge in [-0.1, -0.05) is 0 Å². The van der Waals surface area contributed by atoms with Gasteiger partial charge in [0.25, 0.3) is 0 Å². The Balaban J connectivity index is 0.00000324. The van der Waals surface area contributed by atoms with Crippen LogP contribution in [-0.4, -0.2) is 35.3 Å². The average molecular weight is 280 g/mol. The first-order valence-corrected chi connectivity index (χ1v) is 7.17. The molecule has 0 aliphatic carbocycles. The summed E-state index contributed by atoms with van der Waals surface area (Å²) in [7, 11) is 0. The van der Waals surface area contributed by atoms with Crippen LogP contribution in [0.2, 0.25) is 0 Å². The maximum absolute atomic E-state index is 5.93. The largest absolute Gasteiger partial charge is 1.00 e. The van der Waals surface area contributed by atoms with Gasteiger partial charge in [-0.25, -0.2) is 0 Å². The second-order valence-corrected chi connectivity index (χ2v) is 5.84. The predicted molar refractivity (Wildman–Crippen MR) is 74.0 cm³/mol. The van der Waals surface area contributed by atoms with Gasteiger partial charge < -0.3 is 14.0 Å². The summed E-state index contributed by atoms with van der Waals surface area (Å²) >= 11 is 1.39. The van der Waals surface area contributed by atoms with E-state index in [-0.39, 0.29) is 37.2 Å². The molecular weight excluding hydrogens is 258 g/mol. The average Bonchev–Trinajstić information content (AvgIpc) is 2.65. The van der Waals surface area contributed by atoms with Crippen LogP contribution in [0.15, 0.2) is 5.51 Å². The fraction of sp³-hybridized carbons (Fsp3) is 0.818. The maximum Gasteiger partial charge on any atom is 1.00 e. The number of nitrogens with zero attached hydrogens (tertiary/aromatic N) is 2. The summed E-state index contributed by atoms with van der Waals surface area (Å²) in [4.78, 5) is 0.645. The van der Waals surface area contributed by atoms with E-state index < -0.39 is 6.75 Å². The van der Waals surface area contributed by atoms with Crippen LogP contribution in [0.5, 0.6) is 0 Å². The van der Waals surface area contributed by atoms with E-state index in [2.05, 4.69) is 10.2 Å². The Morgan fingerprint density at radius 1 is 0.947 bits per heavy atom. The summed E-state index contributed by atoms with van der Waals surface area (Å²) in [5.41, 5.74) is 1.66. The number of aromatic nitrogens is 2. The molecule has 8 heteroatoms. The molecule has 0 amide bonds. The van der Waals surface area contributed by atoms with Crippen molar-refractivity contribution in [3.05, 3.63) is 5.51 Å². The van der Waals surface area contributed by atoms with Crippen molar-refractivity contribution in [2.45, 2.75) is 59.9 Å². The molecule has 0 aliphatic rings. The van der Waals surface area contributed by atoms with Crippen LogP contribution < -0.4 is 23.8 Å². The van der Waals surface area contributed by atoms with Crippen molar-refractivity contribution in [3.8, 4) is 0 Å². The van der Waals surface area contributed by atoms with Gasteiger partial charge in [0.15, 0.2) is 0 Å². The third-order valence-corrected chi connectivity index (χ3v) is 2.84. The number of rotatable bonds is 7. The van der Waals surface area contributed by atoms with Crippen molar-refractivity contribution < 1.29 is 32.8 Å². The quantitative estimate of drug-likeness (QED) is 0.597. The van der Waals surface area contributed by atoms with Gasteiger partial charge in [-0.3, -0.25) is 0 Å². The third kappa shape index (κ3) is 5.94. The molecule has 1 rings (SSSR count). The van der Waals surface area contributed by atoms with E-state index in [1.807, 2.05) is 41.5 Å². The van der Waals surface area contributed by atoms with Crippen LogP contribution in [0.1, 0.15) is 41.5 Å². The first kappa shape index (κ1) is 19.1. The molecule has 104 valence electrons. The minimum absolute atomic E-state index is 0. The maximum atomic E-state index is 5.93. The minimum atomic E-state index is -2.03. The van der Waals surface area contributed by atoms with Crippen LogP contribution in [0, 0.1) is 0 Å². The molecule has 19 heavy (non-hydrogen) atoms. The molecule has 0 bridgehead atoms. The van der Waals surface area contributed by atoms with E-state index in [0.717, 1.165) is 0 Å². The second kappa shape index (κ2) is 8.40. The Labute approximate surface area is 131 Å². The zero-order valence-corrected chi connectivity index (χ0v) is 13.7. The normalized spacial score (nSPS) is 12.3. The van der Waals surface area contributed by atoms with Crippen molar-refractivity contribution in [1.29, 1.82) is 0 Å². The summed E-state index contributed by atoms with van der Waals surface area (Å²) in [5.74, 6) is 0. The van der Waals surface area contributed by atoms with E-state index >= 15 is 0 Å².